The van der Waals surface area contributed by atoms with E-state index in [4.69, 9.17) is 16.3 Å². The number of methoxy groups -OCH3 is 1. The van der Waals surface area contributed by atoms with Gasteiger partial charge in [0.25, 0.3) is 5.91 Å². The zero-order valence-electron chi connectivity index (χ0n) is 15.1. The second kappa shape index (κ2) is 7.98. The maximum atomic E-state index is 12.7. The molecule has 0 saturated carbocycles. The minimum atomic E-state index is -0.299. The van der Waals surface area contributed by atoms with E-state index in [-0.39, 0.29) is 17.7 Å². The largest absolute Gasteiger partial charge is 0.497 e. The van der Waals surface area contributed by atoms with Crippen LogP contribution in [0.25, 0.3) is 10.1 Å². The third-order valence-electron chi connectivity index (χ3n) is 3.96. The van der Waals surface area contributed by atoms with Crippen molar-refractivity contribution < 1.29 is 14.3 Å². The number of rotatable bonds is 5. The van der Waals surface area contributed by atoms with E-state index < -0.39 is 0 Å². The van der Waals surface area contributed by atoms with Crippen LogP contribution >= 0.6 is 22.9 Å². The quantitative estimate of drug-likeness (QED) is 0.599. The van der Waals surface area contributed by atoms with Crippen LogP contribution in [0.15, 0.2) is 42.5 Å². The van der Waals surface area contributed by atoms with E-state index in [9.17, 15) is 9.59 Å². The van der Waals surface area contributed by atoms with Crippen molar-refractivity contribution in [2.75, 3.05) is 17.7 Å². The van der Waals surface area contributed by atoms with Crippen LogP contribution in [0.2, 0.25) is 5.02 Å². The van der Waals surface area contributed by atoms with Crippen LogP contribution in [0.5, 0.6) is 5.75 Å². The highest BCUT2D eigenvalue weighted by atomic mass is 35.5. The highest BCUT2D eigenvalue weighted by Crippen LogP contribution is 2.37. The van der Waals surface area contributed by atoms with Crippen molar-refractivity contribution in [3.63, 3.8) is 0 Å². The van der Waals surface area contributed by atoms with Crippen LogP contribution in [0.1, 0.15) is 23.5 Å². The van der Waals surface area contributed by atoms with Gasteiger partial charge in [-0.2, -0.15) is 0 Å². The topological polar surface area (TPSA) is 67.4 Å². The van der Waals surface area contributed by atoms with Crippen molar-refractivity contribution in [3.05, 3.63) is 52.4 Å². The van der Waals surface area contributed by atoms with Gasteiger partial charge in [0.2, 0.25) is 5.91 Å². The number of ether oxygens (including phenoxy) is 1. The van der Waals surface area contributed by atoms with Crippen LogP contribution in [0, 0.1) is 5.92 Å². The van der Waals surface area contributed by atoms with E-state index in [0.29, 0.717) is 27.0 Å². The van der Waals surface area contributed by atoms with Crippen LogP contribution < -0.4 is 15.4 Å². The van der Waals surface area contributed by atoms with Crippen molar-refractivity contribution in [3.8, 4) is 5.75 Å². The lowest BCUT2D eigenvalue weighted by atomic mass is 10.2. The molecule has 3 aromatic rings. The fourth-order valence-corrected chi connectivity index (χ4v) is 3.91. The van der Waals surface area contributed by atoms with Gasteiger partial charge in [-0.15, -0.1) is 11.3 Å². The smallest absolute Gasteiger partial charge is 0.267 e. The number of thiophene rings is 1. The standard InChI is InChI=1S/C20H19ClN2O3S/c1-11(2)19(24)22-12-5-4-6-13(9-12)23-20(25)18-17(21)15-8-7-14(26-3)10-16(15)27-18/h4-11H,1-3H3,(H,22,24)(H,23,25). The molecule has 5 nitrogen and oxygen atoms in total. The summed E-state index contributed by atoms with van der Waals surface area (Å²) in [5.74, 6) is 0.200. The van der Waals surface area contributed by atoms with Gasteiger partial charge in [-0.3, -0.25) is 9.59 Å². The van der Waals surface area contributed by atoms with Gasteiger partial charge in [0.1, 0.15) is 10.6 Å². The van der Waals surface area contributed by atoms with E-state index in [2.05, 4.69) is 10.6 Å². The summed E-state index contributed by atoms with van der Waals surface area (Å²) < 4.78 is 6.09. The van der Waals surface area contributed by atoms with Gasteiger partial charge >= 0.3 is 0 Å². The normalized spacial score (nSPS) is 10.9. The summed E-state index contributed by atoms with van der Waals surface area (Å²) in [7, 11) is 1.59. The molecule has 0 saturated heterocycles. The molecule has 0 aliphatic heterocycles. The minimum absolute atomic E-state index is 0.0834. The number of halogens is 1. The third-order valence-corrected chi connectivity index (χ3v) is 5.61. The Kier molecular flexibility index (Phi) is 5.68. The molecule has 27 heavy (non-hydrogen) atoms. The van der Waals surface area contributed by atoms with E-state index in [0.717, 1.165) is 10.1 Å². The number of fused-ring (bicyclic) bond motifs is 1. The number of anilines is 2. The Morgan fingerprint density at radius 2 is 1.78 bits per heavy atom. The van der Waals surface area contributed by atoms with Crippen LogP contribution in [0.3, 0.4) is 0 Å². The molecule has 7 heteroatoms. The van der Waals surface area contributed by atoms with Gasteiger partial charge in [0.15, 0.2) is 0 Å². The summed E-state index contributed by atoms with van der Waals surface area (Å²) in [6, 6.07) is 12.5. The number of carbonyl (C=O) groups excluding carboxylic acids is 2. The molecule has 0 spiro atoms. The highest BCUT2D eigenvalue weighted by Gasteiger charge is 2.18. The van der Waals surface area contributed by atoms with Crippen LogP contribution in [0.4, 0.5) is 11.4 Å². The van der Waals surface area contributed by atoms with E-state index in [1.807, 2.05) is 32.0 Å². The monoisotopic (exact) mass is 402 g/mol. The Bertz CT molecular complexity index is 1010. The first-order valence-corrected chi connectivity index (χ1v) is 9.57. The summed E-state index contributed by atoms with van der Waals surface area (Å²) in [6.07, 6.45) is 0. The van der Waals surface area contributed by atoms with E-state index in [1.165, 1.54) is 11.3 Å². The first-order chi connectivity index (χ1) is 12.9. The number of amides is 2. The maximum absolute atomic E-state index is 12.7. The second-order valence-corrected chi connectivity index (χ2v) is 7.72. The Morgan fingerprint density at radius 3 is 2.44 bits per heavy atom. The molecular formula is C20H19ClN2O3S. The molecule has 2 amide bonds. The number of benzene rings is 2. The second-order valence-electron chi connectivity index (χ2n) is 6.29. The SMILES string of the molecule is COc1ccc2c(Cl)c(C(=O)Nc3cccc(NC(=O)C(C)C)c3)sc2c1. The van der Waals surface area contributed by atoms with Crippen LogP contribution in [-0.2, 0) is 4.79 Å². The average molecular weight is 403 g/mol. The summed E-state index contributed by atoms with van der Waals surface area (Å²) in [5.41, 5.74) is 1.20. The van der Waals surface area contributed by atoms with E-state index in [1.54, 1.807) is 31.4 Å². The van der Waals surface area contributed by atoms with Gasteiger partial charge in [0.05, 0.1) is 12.1 Å². The molecule has 140 valence electrons. The van der Waals surface area contributed by atoms with Crippen molar-refractivity contribution in [1.29, 1.82) is 0 Å². The molecule has 3 rings (SSSR count). The lowest BCUT2D eigenvalue weighted by Crippen LogP contribution is -2.18. The van der Waals surface area contributed by atoms with Gasteiger partial charge in [-0.25, -0.2) is 0 Å². The summed E-state index contributed by atoms with van der Waals surface area (Å²) >= 11 is 7.71. The molecular weight excluding hydrogens is 384 g/mol. The highest BCUT2D eigenvalue weighted by molar-refractivity contribution is 7.21. The molecule has 0 bridgehead atoms. The summed E-state index contributed by atoms with van der Waals surface area (Å²) in [5, 5.41) is 6.88. The molecule has 0 aliphatic rings. The molecule has 0 unspecified atom stereocenters. The van der Waals surface area contributed by atoms with Crippen LogP contribution in [-0.4, -0.2) is 18.9 Å². The lowest BCUT2D eigenvalue weighted by molar-refractivity contribution is -0.118. The lowest BCUT2D eigenvalue weighted by Gasteiger charge is -2.10. The molecule has 2 aromatic carbocycles. The minimum Gasteiger partial charge on any atom is -0.497 e. The molecule has 0 fully saturated rings. The number of hydrogen-bond acceptors (Lipinski definition) is 4. The molecule has 2 N–H and O–H groups in total. The summed E-state index contributed by atoms with van der Waals surface area (Å²) in [4.78, 5) is 25.0. The molecule has 0 atom stereocenters. The Morgan fingerprint density at radius 1 is 1.07 bits per heavy atom. The average Bonchev–Trinajstić information content (AvgIpc) is 2.98. The zero-order valence-corrected chi connectivity index (χ0v) is 16.7. The number of carbonyl (C=O) groups is 2. The fourth-order valence-electron chi connectivity index (χ4n) is 2.47. The Labute approximate surface area is 166 Å². The Balaban J connectivity index is 1.82. The van der Waals surface area contributed by atoms with Gasteiger partial charge < -0.3 is 15.4 Å². The number of hydrogen-bond donors (Lipinski definition) is 2. The maximum Gasteiger partial charge on any atom is 0.267 e. The van der Waals surface area contributed by atoms with Gasteiger partial charge in [-0.05, 0) is 36.4 Å². The van der Waals surface area contributed by atoms with Gasteiger partial charge in [-0.1, -0.05) is 31.5 Å². The molecule has 1 heterocycles. The third kappa shape index (κ3) is 4.23. The summed E-state index contributed by atoms with van der Waals surface area (Å²) in [6.45, 7) is 3.64. The van der Waals surface area contributed by atoms with Crippen molar-refractivity contribution in [2.24, 2.45) is 5.92 Å². The van der Waals surface area contributed by atoms with Crippen molar-refractivity contribution >= 4 is 56.2 Å². The Hall–Kier alpha value is -2.57. The predicted molar refractivity (Wildman–Crippen MR) is 111 cm³/mol. The number of nitrogens with one attached hydrogen (secondary N) is 2. The van der Waals surface area contributed by atoms with E-state index >= 15 is 0 Å². The fraction of sp³-hybridized carbons (Fsp3) is 0.200. The molecule has 0 radical (unpaired) electrons. The predicted octanol–water partition coefficient (Wildman–Crippen LogP) is 5.41. The van der Waals surface area contributed by atoms with Crippen molar-refractivity contribution in [1.82, 2.24) is 0 Å². The zero-order chi connectivity index (χ0) is 19.6. The molecule has 0 aliphatic carbocycles. The molecule has 1 aromatic heterocycles. The first-order valence-electron chi connectivity index (χ1n) is 8.37. The van der Waals surface area contributed by atoms with Crippen molar-refractivity contribution in [2.45, 2.75) is 13.8 Å². The van der Waals surface area contributed by atoms with Gasteiger partial charge in [0, 0.05) is 27.4 Å². The first kappa shape index (κ1) is 19.2.